The number of rotatable bonds is 3. The van der Waals surface area contributed by atoms with Crippen molar-refractivity contribution >= 4 is 21.8 Å². The maximum Gasteiger partial charge on any atom is 0.276 e. The van der Waals surface area contributed by atoms with E-state index in [0.29, 0.717) is 18.8 Å². The van der Waals surface area contributed by atoms with Gasteiger partial charge in [0.15, 0.2) is 5.69 Å². The van der Waals surface area contributed by atoms with Crippen LogP contribution in [0.15, 0.2) is 53.4 Å². The fraction of sp³-hybridized carbons (Fsp3) is 0.250. The average molecular weight is 387 g/mol. The Bertz CT molecular complexity index is 858. The minimum Gasteiger partial charge on any atom is -0.335 e. The highest BCUT2D eigenvalue weighted by molar-refractivity contribution is 9.10. The van der Waals surface area contributed by atoms with Gasteiger partial charge in [-0.05, 0) is 34.5 Å². The van der Waals surface area contributed by atoms with Gasteiger partial charge in [0, 0.05) is 19.3 Å². The van der Waals surface area contributed by atoms with Gasteiger partial charge in [0.05, 0.1) is 28.6 Å². The smallest absolute Gasteiger partial charge is 0.276 e. The molecule has 1 aliphatic heterocycles. The van der Waals surface area contributed by atoms with Crippen molar-refractivity contribution in [3.63, 3.8) is 0 Å². The number of amides is 1. The molecule has 8 heteroatoms. The lowest BCUT2D eigenvalue weighted by atomic mass is 10.3. The number of carbonyl (C=O) groups is 1. The van der Waals surface area contributed by atoms with Crippen LogP contribution in [0.3, 0.4) is 0 Å². The zero-order chi connectivity index (χ0) is 16.5. The predicted octanol–water partition coefficient (Wildman–Crippen LogP) is 2.31. The Balaban J connectivity index is 1.48. The second kappa shape index (κ2) is 6.20. The van der Waals surface area contributed by atoms with E-state index in [2.05, 4.69) is 31.2 Å². The number of benzene rings is 1. The lowest BCUT2D eigenvalue weighted by Gasteiger charge is -2.15. The van der Waals surface area contributed by atoms with Crippen molar-refractivity contribution in [2.24, 2.45) is 0 Å². The lowest BCUT2D eigenvalue weighted by Crippen LogP contribution is -2.29. The maximum absolute atomic E-state index is 12.6. The molecule has 0 radical (unpaired) electrons. The molecule has 0 N–H and O–H groups in total. The van der Waals surface area contributed by atoms with Gasteiger partial charge in [-0.2, -0.15) is 15.0 Å². The maximum atomic E-state index is 12.6. The van der Waals surface area contributed by atoms with E-state index < -0.39 is 0 Å². The molecule has 122 valence electrons. The van der Waals surface area contributed by atoms with Gasteiger partial charge in [0.25, 0.3) is 5.91 Å². The number of nitrogens with zero attached hydrogens (tertiary/aromatic N) is 6. The molecule has 1 fully saturated rings. The highest BCUT2D eigenvalue weighted by atomic mass is 79.9. The normalized spacial score (nSPS) is 17.4. The zero-order valence-electron chi connectivity index (χ0n) is 12.8. The van der Waals surface area contributed by atoms with E-state index in [1.807, 2.05) is 41.2 Å². The summed E-state index contributed by atoms with van der Waals surface area (Å²) in [6, 6.07) is 9.74. The van der Waals surface area contributed by atoms with E-state index in [1.54, 1.807) is 11.1 Å². The Hall–Kier alpha value is -2.48. The Morgan fingerprint density at radius 1 is 1.17 bits per heavy atom. The number of carbonyl (C=O) groups excluding carboxylic acids is 1. The highest BCUT2D eigenvalue weighted by Gasteiger charge is 2.29. The van der Waals surface area contributed by atoms with Gasteiger partial charge in [-0.3, -0.25) is 9.48 Å². The SMILES string of the molecule is O=C(c1cnn(-c2ccccc2)n1)N1CCC(n2cc(Br)cn2)C1. The van der Waals surface area contributed by atoms with Gasteiger partial charge in [0.2, 0.25) is 0 Å². The molecule has 0 spiro atoms. The van der Waals surface area contributed by atoms with Crippen molar-refractivity contribution in [2.75, 3.05) is 13.1 Å². The molecule has 0 saturated carbocycles. The first-order valence-electron chi connectivity index (χ1n) is 7.67. The van der Waals surface area contributed by atoms with Crippen molar-refractivity contribution in [3.8, 4) is 5.69 Å². The van der Waals surface area contributed by atoms with Crippen LogP contribution in [-0.4, -0.2) is 48.7 Å². The zero-order valence-corrected chi connectivity index (χ0v) is 14.4. The number of para-hydroxylation sites is 1. The Morgan fingerprint density at radius 2 is 2.00 bits per heavy atom. The van der Waals surface area contributed by atoms with E-state index >= 15 is 0 Å². The van der Waals surface area contributed by atoms with Gasteiger partial charge in [-0.15, -0.1) is 5.10 Å². The molecule has 24 heavy (non-hydrogen) atoms. The fourth-order valence-corrected chi connectivity index (χ4v) is 3.17. The molecule has 2 aromatic heterocycles. The topological polar surface area (TPSA) is 68.8 Å². The van der Waals surface area contributed by atoms with E-state index in [9.17, 15) is 4.79 Å². The molecule has 1 amide bonds. The predicted molar refractivity (Wildman–Crippen MR) is 90.8 cm³/mol. The molecule has 4 rings (SSSR count). The molecular weight excluding hydrogens is 372 g/mol. The van der Waals surface area contributed by atoms with Crippen LogP contribution in [-0.2, 0) is 0 Å². The molecule has 1 unspecified atom stereocenters. The Kier molecular flexibility index (Phi) is 3.89. The van der Waals surface area contributed by atoms with Gasteiger partial charge in [-0.25, -0.2) is 0 Å². The van der Waals surface area contributed by atoms with E-state index in [4.69, 9.17) is 0 Å². The van der Waals surface area contributed by atoms with E-state index in [0.717, 1.165) is 16.6 Å². The van der Waals surface area contributed by atoms with Crippen LogP contribution in [0.5, 0.6) is 0 Å². The average Bonchev–Trinajstić information content (AvgIpc) is 3.35. The summed E-state index contributed by atoms with van der Waals surface area (Å²) >= 11 is 3.40. The van der Waals surface area contributed by atoms with Crippen LogP contribution in [0.1, 0.15) is 23.0 Å². The number of hydrogen-bond acceptors (Lipinski definition) is 4. The van der Waals surface area contributed by atoms with Crippen LogP contribution < -0.4 is 0 Å². The first kappa shape index (κ1) is 15.1. The number of aromatic nitrogens is 5. The van der Waals surface area contributed by atoms with Gasteiger partial charge < -0.3 is 4.90 Å². The Morgan fingerprint density at radius 3 is 2.75 bits per heavy atom. The van der Waals surface area contributed by atoms with Crippen LogP contribution in [0.2, 0.25) is 0 Å². The summed E-state index contributed by atoms with van der Waals surface area (Å²) in [5.74, 6) is -0.0918. The van der Waals surface area contributed by atoms with Gasteiger partial charge in [-0.1, -0.05) is 18.2 Å². The molecule has 1 aromatic carbocycles. The first-order chi connectivity index (χ1) is 11.7. The summed E-state index contributed by atoms with van der Waals surface area (Å²) in [5, 5.41) is 12.8. The van der Waals surface area contributed by atoms with E-state index in [-0.39, 0.29) is 11.9 Å². The minimum atomic E-state index is -0.0918. The second-order valence-electron chi connectivity index (χ2n) is 5.69. The molecule has 1 atom stereocenters. The van der Waals surface area contributed by atoms with Crippen molar-refractivity contribution < 1.29 is 4.79 Å². The number of hydrogen-bond donors (Lipinski definition) is 0. The third-order valence-corrected chi connectivity index (χ3v) is 4.50. The first-order valence-corrected chi connectivity index (χ1v) is 8.47. The summed E-state index contributed by atoms with van der Waals surface area (Å²) in [6.45, 7) is 1.32. The standard InChI is InChI=1S/C16H15BrN6O/c17-12-8-18-22(10-12)14-6-7-21(11-14)16(24)15-9-19-23(20-15)13-4-2-1-3-5-13/h1-5,8-10,14H,6-7,11H2. The van der Waals surface area contributed by atoms with Crippen molar-refractivity contribution in [1.29, 1.82) is 0 Å². The van der Waals surface area contributed by atoms with Crippen molar-refractivity contribution in [3.05, 3.63) is 59.1 Å². The third kappa shape index (κ3) is 2.84. The monoisotopic (exact) mass is 386 g/mol. The van der Waals surface area contributed by atoms with Crippen LogP contribution in [0, 0.1) is 0 Å². The lowest BCUT2D eigenvalue weighted by molar-refractivity contribution is 0.0780. The van der Waals surface area contributed by atoms with Crippen molar-refractivity contribution in [2.45, 2.75) is 12.5 Å². The summed E-state index contributed by atoms with van der Waals surface area (Å²) in [7, 11) is 0. The third-order valence-electron chi connectivity index (χ3n) is 4.09. The van der Waals surface area contributed by atoms with E-state index in [1.165, 1.54) is 11.0 Å². The summed E-state index contributed by atoms with van der Waals surface area (Å²) in [6.07, 6.45) is 6.10. The molecule has 0 aliphatic carbocycles. The largest absolute Gasteiger partial charge is 0.335 e. The summed E-state index contributed by atoms with van der Waals surface area (Å²) < 4.78 is 2.84. The van der Waals surface area contributed by atoms with Crippen molar-refractivity contribution in [1.82, 2.24) is 29.7 Å². The second-order valence-corrected chi connectivity index (χ2v) is 6.60. The number of likely N-dealkylation sites (tertiary alicyclic amines) is 1. The fourth-order valence-electron chi connectivity index (χ4n) is 2.87. The van der Waals surface area contributed by atoms with Gasteiger partial charge >= 0.3 is 0 Å². The highest BCUT2D eigenvalue weighted by Crippen LogP contribution is 2.23. The molecular formula is C16H15BrN6O. The van der Waals surface area contributed by atoms with Crippen LogP contribution in [0.4, 0.5) is 0 Å². The molecule has 1 saturated heterocycles. The molecule has 7 nitrogen and oxygen atoms in total. The summed E-state index contributed by atoms with van der Waals surface area (Å²) in [5.41, 5.74) is 1.19. The number of halogens is 1. The quantitative estimate of drug-likeness (QED) is 0.692. The van der Waals surface area contributed by atoms with Gasteiger partial charge in [0.1, 0.15) is 0 Å². The molecule has 3 heterocycles. The minimum absolute atomic E-state index is 0.0918. The van der Waals surface area contributed by atoms with Crippen LogP contribution in [0.25, 0.3) is 5.69 Å². The summed E-state index contributed by atoms with van der Waals surface area (Å²) in [4.78, 5) is 15.9. The molecule has 0 bridgehead atoms. The van der Waals surface area contributed by atoms with Crippen LogP contribution >= 0.6 is 15.9 Å². The Labute approximate surface area is 147 Å². The molecule has 3 aromatic rings. The molecule has 1 aliphatic rings.